The summed E-state index contributed by atoms with van der Waals surface area (Å²) in [6.45, 7) is 4.62. The smallest absolute Gasteiger partial charge is 0.402 e. The van der Waals surface area contributed by atoms with Crippen LogP contribution < -0.4 is 20.0 Å². The van der Waals surface area contributed by atoms with E-state index in [0.717, 1.165) is 16.8 Å². The lowest BCUT2D eigenvalue weighted by molar-refractivity contribution is -0.658. The number of pyridine rings is 1. The van der Waals surface area contributed by atoms with Gasteiger partial charge in [0.25, 0.3) is 5.82 Å². The molecule has 3 heterocycles. The van der Waals surface area contributed by atoms with Crippen molar-refractivity contribution in [2.45, 2.75) is 13.7 Å². The third-order valence-electron chi connectivity index (χ3n) is 5.56. The number of rotatable bonds is 2. The summed E-state index contributed by atoms with van der Waals surface area (Å²) in [7, 11) is 2.10. The number of anilines is 1. The number of para-hydroxylation sites is 1. The van der Waals surface area contributed by atoms with Gasteiger partial charge in [0.15, 0.2) is 5.42 Å². The van der Waals surface area contributed by atoms with Crippen molar-refractivity contribution in [1.29, 1.82) is 0 Å². The van der Waals surface area contributed by atoms with E-state index in [9.17, 15) is 0 Å². The predicted octanol–water partition coefficient (Wildman–Crippen LogP) is 3.43. The maximum absolute atomic E-state index is 6.13. The van der Waals surface area contributed by atoms with Gasteiger partial charge in [-0.3, -0.25) is 4.81 Å². The molecule has 2 aromatic carbocycles. The number of furan rings is 1. The van der Waals surface area contributed by atoms with Crippen molar-refractivity contribution in [3.05, 3.63) is 83.1 Å². The first-order chi connectivity index (χ1) is 13.6. The van der Waals surface area contributed by atoms with Gasteiger partial charge < -0.3 is 4.42 Å². The topological polar surface area (TPSA) is 20.3 Å². The van der Waals surface area contributed by atoms with E-state index < -0.39 is 0 Å². The first kappa shape index (κ1) is 16.9. The first-order valence-electron chi connectivity index (χ1n) is 9.67. The Hall–Kier alpha value is -3.27. The van der Waals surface area contributed by atoms with Crippen LogP contribution in [0.2, 0.25) is 6.82 Å². The molecule has 28 heavy (non-hydrogen) atoms. The second-order valence-corrected chi connectivity index (χ2v) is 7.53. The lowest BCUT2D eigenvalue weighted by Crippen LogP contribution is -2.47. The number of aromatic nitrogens is 1. The van der Waals surface area contributed by atoms with E-state index >= 15 is 0 Å². The Balaban J connectivity index is 1.69. The van der Waals surface area contributed by atoms with Gasteiger partial charge in [0.2, 0.25) is 0 Å². The number of hydrogen-bond acceptors (Lipinski definition) is 2. The molecule has 0 fully saturated rings. The second kappa shape index (κ2) is 6.41. The Morgan fingerprint density at radius 3 is 2.57 bits per heavy atom. The van der Waals surface area contributed by atoms with Crippen molar-refractivity contribution < 1.29 is 8.98 Å². The SMILES string of the molecule is CB1C=c2c(oc3ccccc23)=CN1c1cc(-c2ccccc2)c(C)c[n+]1C. The minimum Gasteiger partial charge on any atom is -0.452 e. The summed E-state index contributed by atoms with van der Waals surface area (Å²) < 4.78 is 8.32. The highest BCUT2D eigenvalue weighted by molar-refractivity contribution is 6.77. The van der Waals surface area contributed by atoms with Crippen LogP contribution in [0.1, 0.15) is 5.56 Å². The zero-order valence-corrected chi connectivity index (χ0v) is 16.4. The Morgan fingerprint density at radius 2 is 1.75 bits per heavy atom. The summed E-state index contributed by atoms with van der Waals surface area (Å²) in [4.78, 5) is 2.29. The van der Waals surface area contributed by atoms with E-state index in [1.54, 1.807) is 0 Å². The van der Waals surface area contributed by atoms with E-state index in [2.05, 4.69) is 97.1 Å². The molecule has 0 atom stereocenters. The van der Waals surface area contributed by atoms with Crippen LogP contribution in [-0.2, 0) is 7.05 Å². The number of nitrogens with zero attached hydrogens (tertiary/aromatic N) is 2. The molecule has 0 radical (unpaired) electrons. The molecule has 0 bridgehead atoms. The van der Waals surface area contributed by atoms with Crippen LogP contribution in [0, 0.1) is 6.92 Å². The fourth-order valence-corrected chi connectivity index (χ4v) is 4.15. The fraction of sp³-hybridized carbons (Fsp3) is 0.125. The second-order valence-electron chi connectivity index (χ2n) is 7.53. The average Bonchev–Trinajstić information content (AvgIpc) is 3.06. The minimum atomic E-state index is 0.228. The largest absolute Gasteiger partial charge is 0.452 e. The fourth-order valence-electron chi connectivity index (χ4n) is 4.15. The molecular formula is C24H22BN2O+. The highest BCUT2D eigenvalue weighted by Gasteiger charge is 2.30. The third-order valence-corrected chi connectivity index (χ3v) is 5.56. The van der Waals surface area contributed by atoms with Crippen LogP contribution in [0.15, 0.2) is 71.3 Å². The summed E-state index contributed by atoms with van der Waals surface area (Å²) >= 11 is 0. The molecule has 0 saturated carbocycles. The van der Waals surface area contributed by atoms with Gasteiger partial charge in [-0.25, -0.2) is 4.57 Å². The van der Waals surface area contributed by atoms with Gasteiger partial charge >= 0.3 is 6.85 Å². The zero-order chi connectivity index (χ0) is 19.3. The lowest BCUT2D eigenvalue weighted by atomic mass is 9.61. The molecule has 1 aliphatic heterocycles. The molecule has 0 unspecified atom stereocenters. The summed E-state index contributed by atoms with van der Waals surface area (Å²) in [5.74, 6) is 3.43. The van der Waals surface area contributed by atoms with Crippen LogP contribution >= 0.6 is 0 Å². The van der Waals surface area contributed by atoms with Crippen molar-refractivity contribution in [3.8, 4) is 11.1 Å². The average molecular weight is 365 g/mol. The molecule has 0 spiro atoms. The van der Waals surface area contributed by atoms with Gasteiger partial charge in [0.05, 0.1) is 13.2 Å². The maximum atomic E-state index is 6.13. The van der Waals surface area contributed by atoms with Gasteiger partial charge in [0.1, 0.15) is 11.8 Å². The first-order valence-corrected chi connectivity index (χ1v) is 9.67. The van der Waals surface area contributed by atoms with Crippen LogP contribution in [0.25, 0.3) is 34.3 Å². The number of benzene rings is 2. The van der Waals surface area contributed by atoms with Gasteiger partial charge in [-0.05, 0) is 36.5 Å². The Morgan fingerprint density at radius 1 is 1.00 bits per heavy atom. The zero-order valence-electron chi connectivity index (χ0n) is 16.4. The lowest BCUT2D eigenvalue weighted by Gasteiger charge is -2.20. The number of hydrogen-bond donors (Lipinski definition) is 0. The van der Waals surface area contributed by atoms with E-state index in [0.29, 0.717) is 0 Å². The van der Waals surface area contributed by atoms with E-state index in [1.807, 2.05) is 12.1 Å². The molecule has 0 aliphatic carbocycles. The van der Waals surface area contributed by atoms with Gasteiger partial charge in [-0.1, -0.05) is 54.5 Å². The predicted molar refractivity (Wildman–Crippen MR) is 116 cm³/mol. The minimum absolute atomic E-state index is 0.228. The molecule has 3 nitrogen and oxygen atoms in total. The highest BCUT2D eigenvalue weighted by Crippen LogP contribution is 2.26. The summed E-state index contributed by atoms with van der Waals surface area (Å²) in [5, 5.41) is 2.37. The molecule has 2 aromatic heterocycles. The van der Waals surface area contributed by atoms with Gasteiger partial charge in [-0.2, -0.15) is 0 Å². The van der Waals surface area contributed by atoms with Crippen molar-refractivity contribution in [3.63, 3.8) is 0 Å². The molecule has 0 amide bonds. The van der Waals surface area contributed by atoms with Crippen molar-refractivity contribution in [1.82, 2.24) is 0 Å². The van der Waals surface area contributed by atoms with Crippen LogP contribution in [0.4, 0.5) is 5.82 Å². The monoisotopic (exact) mass is 365 g/mol. The quantitative estimate of drug-likeness (QED) is 0.401. The van der Waals surface area contributed by atoms with Crippen LogP contribution in [0.5, 0.6) is 0 Å². The van der Waals surface area contributed by atoms with Crippen LogP contribution in [0.3, 0.4) is 0 Å². The van der Waals surface area contributed by atoms with E-state index in [4.69, 9.17) is 4.42 Å². The molecule has 5 rings (SSSR count). The van der Waals surface area contributed by atoms with Crippen molar-refractivity contribution >= 4 is 35.8 Å². The van der Waals surface area contributed by atoms with Gasteiger partial charge in [0, 0.05) is 16.7 Å². The summed E-state index contributed by atoms with van der Waals surface area (Å²) in [6.07, 6.45) is 4.34. The molecule has 4 heteroatoms. The Kier molecular flexibility index (Phi) is 3.87. The summed E-state index contributed by atoms with van der Waals surface area (Å²) in [6, 6.07) is 21.1. The molecular weight excluding hydrogens is 343 g/mol. The number of aryl methyl sites for hydroxylation is 2. The molecule has 4 aromatic rings. The Labute approximate surface area is 164 Å². The van der Waals surface area contributed by atoms with Crippen LogP contribution in [-0.4, -0.2) is 6.85 Å². The highest BCUT2D eigenvalue weighted by atomic mass is 16.3. The Bertz CT molecular complexity index is 1310. The van der Waals surface area contributed by atoms with E-state index in [-0.39, 0.29) is 6.85 Å². The van der Waals surface area contributed by atoms with Crippen molar-refractivity contribution in [2.24, 2.45) is 7.05 Å². The molecule has 0 N–H and O–H groups in total. The standard InChI is InChI=1S/C24H22BN2O/c1-17-15-26(3)24(13-20(17)18-9-5-4-6-10-18)27-16-23-21(14-25(27)2)19-11-7-8-12-22(19)28-23/h4-16H,1-3H3/q+1. The summed E-state index contributed by atoms with van der Waals surface area (Å²) in [5.41, 5.74) is 5.61. The molecule has 1 aliphatic rings. The van der Waals surface area contributed by atoms with E-state index in [1.165, 1.54) is 27.3 Å². The third kappa shape index (κ3) is 2.64. The number of fused-ring (bicyclic) bond motifs is 3. The van der Waals surface area contributed by atoms with Gasteiger partial charge in [-0.15, -0.1) is 0 Å². The maximum Gasteiger partial charge on any atom is 0.402 e. The molecule has 0 saturated heterocycles. The molecule has 136 valence electrons. The van der Waals surface area contributed by atoms with Crippen molar-refractivity contribution in [2.75, 3.05) is 4.81 Å². The normalized spacial score (nSPS) is 13.2.